The molecule has 1 unspecified atom stereocenters. The van der Waals surface area contributed by atoms with Gasteiger partial charge in [0.05, 0.1) is 18.1 Å². The van der Waals surface area contributed by atoms with E-state index in [9.17, 15) is 0 Å². The molecule has 1 N–H and O–H groups in total. The smallest absolute Gasteiger partial charge is 0.0816 e. The van der Waals surface area contributed by atoms with Crippen molar-refractivity contribution >= 4 is 0 Å². The fourth-order valence-electron chi connectivity index (χ4n) is 1.60. The van der Waals surface area contributed by atoms with Crippen LogP contribution >= 0.6 is 0 Å². The van der Waals surface area contributed by atoms with Crippen LogP contribution in [0.2, 0.25) is 0 Å². The SMILES string of the molecule is CC(C)c1ccc(CC(C)(C#N)CO)cc1. The molecule has 1 aromatic rings. The number of nitriles is 1. The van der Waals surface area contributed by atoms with Crippen LogP contribution in [0.15, 0.2) is 24.3 Å². The summed E-state index contributed by atoms with van der Waals surface area (Å²) in [4.78, 5) is 0. The molecule has 0 aliphatic rings. The summed E-state index contributed by atoms with van der Waals surface area (Å²) in [7, 11) is 0. The van der Waals surface area contributed by atoms with E-state index in [2.05, 4.69) is 32.0 Å². The predicted molar refractivity (Wildman–Crippen MR) is 65.0 cm³/mol. The molecule has 2 nitrogen and oxygen atoms in total. The van der Waals surface area contributed by atoms with E-state index < -0.39 is 5.41 Å². The lowest BCUT2D eigenvalue weighted by Crippen LogP contribution is -2.21. The highest BCUT2D eigenvalue weighted by Gasteiger charge is 2.23. The monoisotopic (exact) mass is 217 g/mol. The molecule has 0 amide bonds. The Morgan fingerprint density at radius 2 is 1.88 bits per heavy atom. The molecule has 0 heterocycles. The van der Waals surface area contributed by atoms with Crippen LogP contribution in [0.4, 0.5) is 0 Å². The number of aliphatic hydroxyl groups is 1. The molecule has 0 saturated carbocycles. The third-order valence-electron chi connectivity index (χ3n) is 2.86. The van der Waals surface area contributed by atoms with Crippen LogP contribution < -0.4 is 0 Å². The molecule has 0 spiro atoms. The molecule has 1 aromatic carbocycles. The summed E-state index contributed by atoms with van der Waals surface area (Å²) < 4.78 is 0. The lowest BCUT2D eigenvalue weighted by molar-refractivity contribution is 0.190. The van der Waals surface area contributed by atoms with Crippen LogP contribution in [0.5, 0.6) is 0 Å². The molecule has 0 saturated heterocycles. The summed E-state index contributed by atoms with van der Waals surface area (Å²) in [5.41, 5.74) is 1.73. The van der Waals surface area contributed by atoms with E-state index in [-0.39, 0.29) is 6.61 Å². The van der Waals surface area contributed by atoms with Gasteiger partial charge in [0, 0.05) is 0 Å². The maximum atomic E-state index is 9.17. The second-order valence-electron chi connectivity index (χ2n) is 4.90. The normalized spacial score (nSPS) is 14.5. The maximum absolute atomic E-state index is 9.17. The average Bonchev–Trinajstić information content (AvgIpc) is 2.29. The molecule has 0 aromatic heterocycles. The highest BCUT2D eigenvalue weighted by atomic mass is 16.3. The zero-order chi connectivity index (χ0) is 12.2. The first-order valence-electron chi connectivity index (χ1n) is 5.62. The minimum atomic E-state index is -0.667. The van der Waals surface area contributed by atoms with Gasteiger partial charge in [0.25, 0.3) is 0 Å². The Morgan fingerprint density at radius 1 is 1.31 bits per heavy atom. The summed E-state index contributed by atoms with van der Waals surface area (Å²) in [6, 6.07) is 10.4. The van der Waals surface area contributed by atoms with Crippen molar-refractivity contribution in [3.8, 4) is 6.07 Å². The highest BCUT2D eigenvalue weighted by molar-refractivity contribution is 5.26. The van der Waals surface area contributed by atoms with E-state index in [1.54, 1.807) is 6.92 Å². The highest BCUT2D eigenvalue weighted by Crippen LogP contribution is 2.22. The molecule has 0 bridgehead atoms. The van der Waals surface area contributed by atoms with Crippen LogP contribution in [0, 0.1) is 16.7 Å². The van der Waals surface area contributed by atoms with Gasteiger partial charge in [-0.15, -0.1) is 0 Å². The van der Waals surface area contributed by atoms with E-state index in [1.807, 2.05) is 12.1 Å². The van der Waals surface area contributed by atoms with Crippen molar-refractivity contribution in [3.63, 3.8) is 0 Å². The van der Waals surface area contributed by atoms with Gasteiger partial charge in [0.15, 0.2) is 0 Å². The molecule has 0 aliphatic carbocycles. The number of aliphatic hydroxyl groups excluding tert-OH is 1. The first kappa shape index (κ1) is 12.7. The van der Waals surface area contributed by atoms with Crippen molar-refractivity contribution in [1.29, 1.82) is 5.26 Å². The van der Waals surface area contributed by atoms with E-state index >= 15 is 0 Å². The summed E-state index contributed by atoms with van der Waals surface area (Å²) in [5.74, 6) is 0.522. The van der Waals surface area contributed by atoms with Gasteiger partial charge in [-0.2, -0.15) is 5.26 Å². The topological polar surface area (TPSA) is 44.0 Å². The van der Waals surface area contributed by atoms with Crippen LogP contribution in [0.1, 0.15) is 37.8 Å². The molecule has 86 valence electrons. The third-order valence-corrected chi connectivity index (χ3v) is 2.86. The van der Waals surface area contributed by atoms with E-state index in [1.165, 1.54) is 5.56 Å². The van der Waals surface area contributed by atoms with Crippen molar-refractivity contribution in [2.75, 3.05) is 6.61 Å². The molecule has 0 fully saturated rings. The van der Waals surface area contributed by atoms with Crippen LogP contribution in [-0.2, 0) is 6.42 Å². The van der Waals surface area contributed by atoms with Gasteiger partial charge in [0.2, 0.25) is 0 Å². The zero-order valence-electron chi connectivity index (χ0n) is 10.2. The molecule has 2 heteroatoms. The summed E-state index contributed by atoms with van der Waals surface area (Å²) in [5, 5.41) is 18.1. The van der Waals surface area contributed by atoms with Crippen molar-refractivity contribution in [3.05, 3.63) is 35.4 Å². The Kier molecular flexibility index (Phi) is 4.09. The zero-order valence-corrected chi connectivity index (χ0v) is 10.2. The fourth-order valence-corrected chi connectivity index (χ4v) is 1.60. The molecule has 1 rings (SSSR count). The Bertz CT molecular complexity index is 375. The number of benzene rings is 1. The number of rotatable bonds is 4. The van der Waals surface area contributed by atoms with Gasteiger partial charge >= 0.3 is 0 Å². The summed E-state index contributed by atoms with van der Waals surface area (Å²) in [6.07, 6.45) is 0.596. The minimum absolute atomic E-state index is 0.102. The van der Waals surface area contributed by atoms with Crippen molar-refractivity contribution in [2.24, 2.45) is 5.41 Å². The van der Waals surface area contributed by atoms with Gasteiger partial charge in [-0.05, 0) is 30.4 Å². The second-order valence-corrected chi connectivity index (χ2v) is 4.90. The fraction of sp³-hybridized carbons (Fsp3) is 0.500. The number of nitrogens with zero attached hydrogens (tertiary/aromatic N) is 1. The molecular weight excluding hydrogens is 198 g/mol. The largest absolute Gasteiger partial charge is 0.395 e. The van der Waals surface area contributed by atoms with Crippen LogP contribution in [-0.4, -0.2) is 11.7 Å². The first-order valence-corrected chi connectivity index (χ1v) is 5.62. The Balaban J connectivity index is 2.80. The van der Waals surface area contributed by atoms with Crippen molar-refractivity contribution in [2.45, 2.75) is 33.1 Å². The van der Waals surface area contributed by atoms with Crippen LogP contribution in [0.25, 0.3) is 0 Å². The van der Waals surface area contributed by atoms with E-state index in [0.717, 1.165) is 5.56 Å². The molecule has 1 atom stereocenters. The van der Waals surface area contributed by atoms with Crippen molar-refractivity contribution < 1.29 is 5.11 Å². The quantitative estimate of drug-likeness (QED) is 0.842. The maximum Gasteiger partial charge on any atom is 0.0816 e. The Morgan fingerprint density at radius 3 is 2.25 bits per heavy atom. The average molecular weight is 217 g/mol. The Labute approximate surface area is 97.5 Å². The lowest BCUT2D eigenvalue weighted by atomic mass is 9.85. The lowest BCUT2D eigenvalue weighted by Gasteiger charge is -2.18. The van der Waals surface area contributed by atoms with Crippen molar-refractivity contribution in [1.82, 2.24) is 0 Å². The van der Waals surface area contributed by atoms with Gasteiger partial charge in [-0.1, -0.05) is 38.1 Å². The summed E-state index contributed by atoms with van der Waals surface area (Å²) >= 11 is 0. The standard InChI is InChI=1S/C14H19NO/c1-11(2)13-6-4-12(5-7-13)8-14(3,9-15)10-16/h4-7,11,16H,8,10H2,1-3H3. The van der Waals surface area contributed by atoms with Crippen LogP contribution in [0.3, 0.4) is 0 Å². The summed E-state index contributed by atoms with van der Waals surface area (Å²) in [6.45, 7) is 5.99. The molecular formula is C14H19NO. The molecule has 0 aliphatic heterocycles. The van der Waals surface area contributed by atoms with Gasteiger partial charge < -0.3 is 5.11 Å². The van der Waals surface area contributed by atoms with Gasteiger partial charge in [-0.3, -0.25) is 0 Å². The van der Waals surface area contributed by atoms with Gasteiger partial charge in [-0.25, -0.2) is 0 Å². The number of hydrogen-bond donors (Lipinski definition) is 1. The molecule has 0 radical (unpaired) electrons. The predicted octanol–water partition coefficient (Wildman–Crippen LogP) is 2.87. The van der Waals surface area contributed by atoms with Gasteiger partial charge in [0.1, 0.15) is 0 Å². The second kappa shape index (κ2) is 5.14. The van der Waals surface area contributed by atoms with E-state index in [0.29, 0.717) is 12.3 Å². The minimum Gasteiger partial charge on any atom is -0.395 e. The number of hydrogen-bond acceptors (Lipinski definition) is 2. The third kappa shape index (κ3) is 3.08. The molecule has 16 heavy (non-hydrogen) atoms. The van der Waals surface area contributed by atoms with E-state index in [4.69, 9.17) is 10.4 Å². The first-order chi connectivity index (χ1) is 7.50. The Hall–Kier alpha value is -1.33.